The van der Waals surface area contributed by atoms with Gasteiger partial charge in [-0.05, 0) is 54.4 Å². The van der Waals surface area contributed by atoms with Gasteiger partial charge >= 0.3 is 5.97 Å². The molecule has 1 aromatic carbocycles. The van der Waals surface area contributed by atoms with Crippen molar-refractivity contribution in [3.63, 3.8) is 0 Å². The highest BCUT2D eigenvalue weighted by Gasteiger charge is 2.32. The van der Waals surface area contributed by atoms with Crippen LogP contribution in [-0.4, -0.2) is 44.1 Å². The van der Waals surface area contributed by atoms with E-state index in [4.69, 9.17) is 10.5 Å². The van der Waals surface area contributed by atoms with Crippen molar-refractivity contribution < 1.29 is 27.1 Å². The molecule has 1 heterocycles. The van der Waals surface area contributed by atoms with E-state index in [0.29, 0.717) is 0 Å². The normalized spacial score (nSPS) is 12.2. The van der Waals surface area contributed by atoms with Gasteiger partial charge in [0.2, 0.25) is 5.91 Å². The van der Waals surface area contributed by atoms with E-state index in [1.165, 1.54) is 5.51 Å². The summed E-state index contributed by atoms with van der Waals surface area (Å²) >= 11 is 0.954. The second-order valence-corrected chi connectivity index (χ2v) is 10.7. The summed E-state index contributed by atoms with van der Waals surface area (Å²) in [6, 6.07) is 3.09. The first-order valence-electron chi connectivity index (χ1n) is 8.59. The number of carbonyl (C=O) groups is 2. The van der Waals surface area contributed by atoms with Gasteiger partial charge in [-0.1, -0.05) is 0 Å². The van der Waals surface area contributed by atoms with E-state index in [9.17, 15) is 22.4 Å². The van der Waals surface area contributed by atoms with Crippen LogP contribution in [0.4, 0.5) is 15.1 Å². The van der Waals surface area contributed by atoms with Gasteiger partial charge in [0.05, 0.1) is 22.6 Å². The molecule has 1 amide bonds. The van der Waals surface area contributed by atoms with E-state index in [2.05, 4.69) is 10.3 Å². The number of halogens is 1. The number of carbonyl (C=O) groups excluding carboxylic acids is 2. The van der Waals surface area contributed by atoms with Gasteiger partial charge in [0.1, 0.15) is 16.4 Å². The third-order valence-electron chi connectivity index (χ3n) is 3.47. The molecule has 2 rings (SSSR count). The first kappa shape index (κ1) is 24.1. The minimum absolute atomic E-state index is 0.0750. The molecular weight excluding hydrogens is 454 g/mol. The molecule has 164 valence electrons. The molecule has 1 atom stereocenters. The molecule has 2 aromatic rings. The molecule has 0 aliphatic heterocycles. The zero-order valence-corrected chi connectivity index (χ0v) is 19.4. The summed E-state index contributed by atoms with van der Waals surface area (Å²) in [4.78, 5) is 27.4. The largest absolute Gasteiger partial charge is 0.455 e. The average molecular weight is 476 g/mol. The van der Waals surface area contributed by atoms with Crippen LogP contribution in [0.2, 0.25) is 0 Å². The Balaban J connectivity index is 2.42. The lowest BCUT2D eigenvalue weighted by Gasteiger charge is -2.23. The quantitative estimate of drug-likeness (QED) is 0.464. The fourth-order valence-electron chi connectivity index (χ4n) is 2.25. The molecule has 0 aliphatic rings. The van der Waals surface area contributed by atoms with Crippen molar-refractivity contribution in [2.24, 2.45) is 5.73 Å². The fourth-order valence-corrected chi connectivity index (χ4v) is 6.30. The van der Waals surface area contributed by atoms with E-state index >= 15 is 0 Å². The van der Waals surface area contributed by atoms with Gasteiger partial charge in [-0.3, -0.25) is 4.79 Å². The molecule has 0 bridgehead atoms. The Morgan fingerprint density at radius 3 is 2.57 bits per heavy atom. The summed E-state index contributed by atoms with van der Waals surface area (Å²) in [7, 11) is -4.53. The van der Waals surface area contributed by atoms with Gasteiger partial charge < -0.3 is 15.8 Å². The number of amides is 1. The number of nitrogens with two attached hydrogens (primary N) is 1. The Labute approximate surface area is 179 Å². The number of sulfonamides is 1. The van der Waals surface area contributed by atoms with Crippen molar-refractivity contribution in [1.82, 2.24) is 4.98 Å². The van der Waals surface area contributed by atoms with E-state index in [0.717, 1.165) is 33.6 Å². The number of anilines is 2. The molecule has 30 heavy (non-hydrogen) atoms. The number of nitrogens with one attached hydrogen (secondary N) is 1. The Kier molecular flexibility index (Phi) is 7.51. The lowest BCUT2D eigenvalue weighted by molar-refractivity contribution is -0.114. The van der Waals surface area contributed by atoms with E-state index in [1.54, 1.807) is 27.4 Å². The highest BCUT2D eigenvalue weighted by Crippen LogP contribution is 2.38. The molecule has 0 spiro atoms. The van der Waals surface area contributed by atoms with Gasteiger partial charge in [0.15, 0.2) is 5.69 Å². The first-order chi connectivity index (χ1) is 13.9. The van der Waals surface area contributed by atoms with Crippen LogP contribution in [0.15, 0.2) is 28.6 Å². The summed E-state index contributed by atoms with van der Waals surface area (Å²) in [5.74, 6) is -2.31. The number of hydrogen-bond donors (Lipinski definition) is 2. The fraction of sp³-hybridized carbons (Fsp3) is 0.353. The van der Waals surface area contributed by atoms with Gasteiger partial charge in [-0.15, -0.1) is 11.3 Å². The third kappa shape index (κ3) is 5.51. The van der Waals surface area contributed by atoms with E-state index < -0.39 is 33.3 Å². The van der Waals surface area contributed by atoms with Gasteiger partial charge in [0.25, 0.3) is 10.0 Å². The van der Waals surface area contributed by atoms with Crippen molar-refractivity contribution in [3.05, 3.63) is 35.2 Å². The zero-order valence-electron chi connectivity index (χ0n) is 16.7. The van der Waals surface area contributed by atoms with Gasteiger partial charge in [-0.2, -0.15) is 0 Å². The standard InChI is InChI=1S/C17H22FN4O5PS2/c1-17(2,3)27-16(24)14-15(29-9-20-14)22(28-4)30(25,26)10-5-6-12(11(18)7-10)21-13(23)8-19/h5-7,9,28H,8,19H2,1-4H3,(H,21,23). The van der Waals surface area contributed by atoms with E-state index in [-0.39, 0.29) is 36.6 Å². The first-order valence-corrected chi connectivity index (χ1v) is 12.4. The Morgan fingerprint density at radius 2 is 2.03 bits per heavy atom. The topological polar surface area (TPSA) is 132 Å². The van der Waals surface area contributed by atoms with Crippen molar-refractivity contribution in [2.75, 3.05) is 22.6 Å². The summed E-state index contributed by atoms with van der Waals surface area (Å²) in [5.41, 5.74) is 5.40. The number of nitrogens with zero attached hydrogens (tertiary/aromatic N) is 2. The highest BCUT2D eigenvalue weighted by molar-refractivity contribution is 7.98. The van der Waals surface area contributed by atoms with Crippen LogP contribution >= 0.6 is 20.1 Å². The molecular formula is C17H22FN4O5PS2. The predicted octanol–water partition coefficient (Wildman–Crippen LogP) is 2.55. The number of thiazole rings is 1. The molecule has 13 heteroatoms. The summed E-state index contributed by atoms with van der Waals surface area (Å²) < 4.78 is 46.9. The number of ether oxygens (including phenoxy) is 1. The molecule has 0 radical (unpaired) electrons. The number of benzene rings is 1. The molecule has 0 saturated heterocycles. The van der Waals surface area contributed by atoms with Gasteiger partial charge in [-0.25, -0.2) is 26.7 Å². The highest BCUT2D eigenvalue weighted by atomic mass is 32.2. The number of hydrogen-bond acceptors (Lipinski definition) is 8. The maximum Gasteiger partial charge on any atom is 0.360 e. The van der Waals surface area contributed by atoms with Crippen LogP contribution in [0.3, 0.4) is 0 Å². The molecule has 0 fully saturated rings. The zero-order chi connectivity index (χ0) is 22.7. The van der Waals surface area contributed by atoms with Crippen molar-refractivity contribution >= 4 is 52.7 Å². The van der Waals surface area contributed by atoms with Crippen LogP contribution in [0.25, 0.3) is 0 Å². The Morgan fingerprint density at radius 1 is 1.37 bits per heavy atom. The number of aromatic nitrogens is 1. The maximum absolute atomic E-state index is 14.4. The van der Waals surface area contributed by atoms with Crippen LogP contribution < -0.4 is 15.1 Å². The van der Waals surface area contributed by atoms with Crippen LogP contribution in [0.1, 0.15) is 31.3 Å². The SMILES string of the molecule is CPN(c1scnc1C(=O)OC(C)(C)C)S(=O)(=O)c1ccc(NC(=O)CN)c(F)c1. The lowest BCUT2D eigenvalue weighted by atomic mass is 10.2. The summed E-state index contributed by atoms with van der Waals surface area (Å²) in [6.07, 6.45) is 0. The molecule has 0 saturated carbocycles. The van der Waals surface area contributed by atoms with Crippen molar-refractivity contribution in [1.29, 1.82) is 0 Å². The minimum Gasteiger partial charge on any atom is -0.455 e. The van der Waals surface area contributed by atoms with Crippen LogP contribution in [-0.2, 0) is 19.6 Å². The number of esters is 1. The monoisotopic (exact) mass is 476 g/mol. The predicted molar refractivity (Wildman–Crippen MR) is 115 cm³/mol. The lowest BCUT2D eigenvalue weighted by Crippen LogP contribution is -2.27. The second-order valence-electron chi connectivity index (χ2n) is 6.90. The van der Waals surface area contributed by atoms with Crippen LogP contribution in [0.5, 0.6) is 0 Å². The van der Waals surface area contributed by atoms with Crippen LogP contribution in [0, 0.1) is 5.82 Å². The molecule has 3 N–H and O–H groups in total. The van der Waals surface area contributed by atoms with Crippen molar-refractivity contribution in [2.45, 2.75) is 31.3 Å². The summed E-state index contributed by atoms with van der Waals surface area (Å²) in [6.45, 7) is 6.30. The number of rotatable bonds is 7. The smallest absolute Gasteiger partial charge is 0.360 e. The van der Waals surface area contributed by atoms with Gasteiger partial charge in [0, 0.05) is 0 Å². The minimum atomic E-state index is -4.22. The second kappa shape index (κ2) is 9.34. The Bertz CT molecular complexity index is 1050. The Hall–Kier alpha value is -2.14. The van der Waals surface area contributed by atoms with E-state index in [1.807, 2.05) is 0 Å². The molecule has 0 aliphatic carbocycles. The average Bonchev–Trinajstić information content (AvgIpc) is 3.11. The third-order valence-corrected chi connectivity index (χ3v) is 7.97. The molecule has 1 unspecified atom stereocenters. The maximum atomic E-state index is 14.4. The van der Waals surface area contributed by atoms with Crippen molar-refractivity contribution in [3.8, 4) is 0 Å². The molecule has 9 nitrogen and oxygen atoms in total. The molecule has 1 aromatic heterocycles. The summed E-state index contributed by atoms with van der Waals surface area (Å²) in [5, 5.41) is 2.32.